The molecule has 4 nitrogen and oxygen atoms in total. The van der Waals surface area contributed by atoms with Gasteiger partial charge in [-0.2, -0.15) is 0 Å². The zero-order valence-corrected chi connectivity index (χ0v) is 9.78. The molecule has 0 radical (unpaired) electrons. The number of carbonyl (C=O) groups excluding carboxylic acids is 1. The highest BCUT2D eigenvalue weighted by Crippen LogP contribution is 2.04. The normalized spacial score (nSPS) is 13.5. The van der Waals surface area contributed by atoms with Crippen molar-refractivity contribution in [1.82, 2.24) is 4.90 Å². The molecule has 0 saturated carbocycles. The fourth-order valence-electron chi connectivity index (χ4n) is 1.27. The molecule has 0 spiro atoms. The number of carboxylic acids is 1. The average molecular weight is 213 g/mol. The van der Waals surface area contributed by atoms with Crippen LogP contribution in [0.4, 0.5) is 0 Å². The van der Waals surface area contributed by atoms with Crippen LogP contribution in [0.1, 0.15) is 27.2 Å². The summed E-state index contributed by atoms with van der Waals surface area (Å²) in [7, 11) is 1.62. The highest BCUT2D eigenvalue weighted by Gasteiger charge is 2.17. The fourth-order valence-corrected chi connectivity index (χ4v) is 1.27. The molecule has 0 aromatic rings. The van der Waals surface area contributed by atoms with Gasteiger partial charge in [-0.15, -0.1) is 0 Å². The first-order valence-electron chi connectivity index (χ1n) is 5.05. The largest absolute Gasteiger partial charge is 0.481 e. The molecule has 15 heavy (non-hydrogen) atoms. The summed E-state index contributed by atoms with van der Waals surface area (Å²) in [6, 6.07) is 0. The molecule has 0 bridgehead atoms. The van der Waals surface area contributed by atoms with Gasteiger partial charge in [-0.05, 0) is 13.3 Å². The Bertz CT molecular complexity index is 271. The first-order valence-corrected chi connectivity index (χ1v) is 5.05. The lowest BCUT2D eigenvalue weighted by Crippen LogP contribution is -2.34. The molecule has 0 fully saturated rings. The van der Waals surface area contributed by atoms with E-state index in [4.69, 9.17) is 5.11 Å². The third-order valence-corrected chi connectivity index (χ3v) is 2.16. The van der Waals surface area contributed by atoms with E-state index >= 15 is 0 Å². The number of nitrogens with zero attached hydrogens (tertiary/aromatic N) is 1. The second kappa shape index (κ2) is 6.22. The van der Waals surface area contributed by atoms with Crippen LogP contribution >= 0.6 is 0 Å². The van der Waals surface area contributed by atoms with Crippen molar-refractivity contribution in [2.75, 3.05) is 13.6 Å². The van der Waals surface area contributed by atoms with Crippen LogP contribution in [0.15, 0.2) is 11.6 Å². The number of carboxylic acid groups (broad SMARTS) is 1. The van der Waals surface area contributed by atoms with Gasteiger partial charge in [0.25, 0.3) is 0 Å². The summed E-state index contributed by atoms with van der Waals surface area (Å²) in [5.41, 5.74) is 0.664. The third-order valence-electron chi connectivity index (χ3n) is 2.16. The Kier molecular flexibility index (Phi) is 5.67. The van der Waals surface area contributed by atoms with E-state index in [0.717, 1.165) is 6.42 Å². The van der Waals surface area contributed by atoms with E-state index < -0.39 is 11.9 Å². The molecule has 4 heteroatoms. The van der Waals surface area contributed by atoms with Crippen molar-refractivity contribution >= 4 is 11.9 Å². The molecule has 0 aromatic heterocycles. The summed E-state index contributed by atoms with van der Waals surface area (Å²) >= 11 is 0. The van der Waals surface area contributed by atoms with Crippen LogP contribution in [0.25, 0.3) is 0 Å². The number of likely N-dealkylation sites (N-methyl/N-ethyl adjacent to an activating group) is 1. The molecule has 1 N–H and O–H groups in total. The Morgan fingerprint density at radius 3 is 2.40 bits per heavy atom. The first kappa shape index (κ1) is 13.7. The van der Waals surface area contributed by atoms with Crippen LogP contribution < -0.4 is 0 Å². The SMILES string of the molecule is CCC=C(C)C(=O)N(C)CC(C)C(=O)O. The van der Waals surface area contributed by atoms with Crippen LogP contribution in [0.2, 0.25) is 0 Å². The Balaban J connectivity index is 4.34. The van der Waals surface area contributed by atoms with E-state index in [1.807, 2.05) is 13.0 Å². The maximum Gasteiger partial charge on any atom is 0.308 e. The van der Waals surface area contributed by atoms with Crippen molar-refractivity contribution in [3.63, 3.8) is 0 Å². The molecule has 0 aliphatic heterocycles. The number of hydrogen-bond donors (Lipinski definition) is 1. The summed E-state index contributed by atoms with van der Waals surface area (Å²) < 4.78 is 0. The molecule has 0 rings (SSSR count). The van der Waals surface area contributed by atoms with Crippen molar-refractivity contribution in [2.45, 2.75) is 27.2 Å². The summed E-state index contributed by atoms with van der Waals surface area (Å²) in [5, 5.41) is 8.70. The van der Waals surface area contributed by atoms with Crippen LogP contribution in [-0.2, 0) is 9.59 Å². The van der Waals surface area contributed by atoms with Gasteiger partial charge in [0, 0.05) is 19.2 Å². The molecular weight excluding hydrogens is 194 g/mol. The standard InChI is InChI=1S/C11H19NO3/c1-5-6-8(2)10(13)12(4)7-9(3)11(14)15/h6,9H,5,7H2,1-4H3,(H,14,15). The van der Waals surface area contributed by atoms with E-state index in [9.17, 15) is 9.59 Å². The second-order valence-electron chi connectivity index (χ2n) is 3.72. The summed E-state index contributed by atoms with van der Waals surface area (Å²) in [5.74, 6) is -1.52. The summed E-state index contributed by atoms with van der Waals surface area (Å²) in [4.78, 5) is 23.7. The number of carbonyl (C=O) groups is 2. The van der Waals surface area contributed by atoms with Crippen LogP contribution in [0.5, 0.6) is 0 Å². The molecule has 1 unspecified atom stereocenters. The van der Waals surface area contributed by atoms with Crippen molar-refractivity contribution in [3.05, 3.63) is 11.6 Å². The highest BCUT2D eigenvalue weighted by molar-refractivity contribution is 5.92. The smallest absolute Gasteiger partial charge is 0.308 e. The molecule has 0 aromatic carbocycles. The molecule has 1 amide bonds. The predicted molar refractivity (Wildman–Crippen MR) is 58.5 cm³/mol. The minimum Gasteiger partial charge on any atom is -0.481 e. The Labute approximate surface area is 90.6 Å². The Hall–Kier alpha value is -1.32. The first-order chi connectivity index (χ1) is 6.90. The van der Waals surface area contributed by atoms with Gasteiger partial charge in [0.2, 0.25) is 5.91 Å². The number of aliphatic carboxylic acids is 1. The Morgan fingerprint density at radius 1 is 1.47 bits per heavy atom. The number of amides is 1. The van der Waals surface area contributed by atoms with Gasteiger partial charge in [-0.3, -0.25) is 9.59 Å². The van der Waals surface area contributed by atoms with Crippen molar-refractivity contribution in [1.29, 1.82) is 0 Å². The summed E-state index contributed by atoms with van der Waals surface area (Å²) in [6.07, 6.45) is 2.64. The van der Waals surface area contributed by atoms with Crippen LogP contribution in [0, 0.1) is 5.92 Å². The van der Waals surface area contributed by atoms with E-state index in [1.54, 1.807) is 20.9 Å². The average Bonchev–Trinajstić information content (AvgIpc) is 2.16. The van der Waals surface area contributed by atoms with Gasteiger partial charge in [-0.1, -0.05) is 19.9 Å². The second-order valence-corrected chi connectivity index (χ2v) is 3.72. The molecule has 1 atom stereocenters. The predicted octanol–water partition coefficient (Wildman–Crippen LogP) is 1.52. The molecule has 86 valence electrons. The van der Waals surface area contributed by atoms with Crippen molar-refractivity contribution < 1.29 is 14.7 Å². The van der Waals surface area contributed by atoms with Crippen molar-refractivity contribution in [3.8, 4) is 0 Å². The van der Waals surface area contributed by atoms with Crippen LogP contribution in [-0.4, -0.2) is 35.5 Å². The van der Waals surface area contributed by atoms with Gasteiger partial charge in [0.15, 0.2) is 0 Å². The van der Waals surface area contributed by atoms with Crippen molar-refractivity contribution in [2.24, 2.45) is 5.92 Å². The number of rotatable bonds is 5. The Morgan fingerprint density at radius 2 is 2.00 bits per heavy atom. The number of allylic oxidation sites excluding steroid dienone is 1. The monoisotopic (exact) mass is 213 g/mol. The zero-order chi connectivity index (χ0) is 12.0. The topological polar surface area (TPSA) is 57.6 Å². The maximum atomic E-state index is 11.7. The lowest BCUT2D eigenvalue weighted by molar-refractivity contribution is -0.142. The fraction of sp³-hybridized carbons (Fsp3) is 0.636. The lowest BCUT2D eigenvalue weighted by atomic mass is 10.1. The van der Waals surface area contributed by atoms with E-state index in [2.05, 4.69) is 0 Å². The molecule has 0 aliphatic carbocycles. The van der Waals surface area contributed by atoms with E-state index in [1.165, 1.54) is 4.90 Å². The highest BCUT2D eigenvalue weighted by atomic mass is 16.4. The lowest BCUT2D eigenvalue weighted by Gasteiger charge is -2.19. The zero-order valence-electron chi connectivity index (χ0n) is 9.78. The third kappa shape index (κ3) is 4.63. The van der Waals surface area contributed by atoms with Gasteiger partial charge in [-0.25, -0.2) is 0 Å². The van der Waals surface area contributed by atoms with Gasteiger partial charge >= 0.3 is 5.97 Å². The minimum absolute atomic E-state index is 0.107. The molecule has 0 heterocycles. The summed E-state index contributed by atoms with van der Waals surface area (Å²) in [6.45, 7) is 5.53. The van der Waals surface area contributed by atoms with E-state index in [-0.39, 0.29) is 12.5 Å². The van der Waals surface area contributed by atoms with Gasteiger partial charge in [0.1, 0.15) is 0 Å². The van der Waals surface area contributed by atoms with Gasteiger partial charge in [0.05, 0.1) is 5.92 Å². The van der Waals surface area contributed by atoms with Crippen LogP contribution in [0.3, 0.4) is 0 Å². The quantitative estimate of drug-likeness (QED) is 0.704. The molecule has 0 saturated heterocycles. The van der Waals surface area contributed by atoms with E-state index in [0.29, 0.717) is 5.57 Å². The maximum absolute atomic E-state index is 11.7. The molecular formula is C11H19NO3. The van der Waals surface area contributed by atoms with Gasteiger partial charge < -0.3 is 10.0 Å². The minimum atomic E-state index is -0.883. The number of hydrogen-bond acceptors (Lipinski definition) is 2. The molecule has 0 aliphatic rings.